The molecule has 7 nitrogen and oxygen atoms in total. The van der Waals surface area contributed by atoms with Crippen molar-refractivity contribution in [1.29, 1.82) is 0 Å². The second-order valence-corrected chi connectivity index (χ2v) is 6.19. The average Bonchev–Trinajstić information content (AvgIpc) is 3.27. The van der Waals surface area contributed by atoms with Crippen molar-refractivity contribution in [2.45, 2.75) is 6.92 Å². The predicted octanol–water partition coefficient (Wildman–Crippen LogP) is 3.12. The normalized spacial score (nSPS) is 10.9. The van der Waals surface area contributed by atoms with Gasteiger partial charge in [0, 0.05) is 24.2 Å². The van der Waals surface area contributed by atoms with Crippen LogP contribution in [0.4, 0.5) is 0 Å². The quantitative estimate of drug-likeness (QED) is 0.525. The maximum atomic E-state index is 12.4. The number of carbonyl (C=O) groups excluding carboxylic acids is 1. The standard InChI is InChI=1S/C17H13N5O2S/c1-2-24-17(23)16-15(14-13(25-16)6-4-8-19-14)22-10-12(20-21-22)11-5-3-7-18-9-11/h3-10H,2H2,1H3. The van der Waals surface area contributed by atoms with Gasteiger partial charge in [0.25, 0.3) is 0 Å². The van der Waals surface area contributed by atoms with Gasteiger partial charge in [-0.2, -0.15) is 0 Å². The van der Waals surface area contributed by atoms with Gasteiger partial charge >= 0.3 is 5.97 Å². The second kappa shape index (κ2) is 6.40. The Labute approximate surface area is 146 Å². The van der Waals surface area contributed by atoms with E-state index in [1.807, 2.05) is 24.3 Å². The van der Waals surface area contributed by atoms with Crippen molar-refractivity contribution in [3.63, 3.8) is 0 Å². The highest BCUT2D eigenvalue weighted by Gasteiger charge is 2.23. The van der Waals surface area contributed by atoms with Crippen LogP contribution in [-0.4, -0.2) is 37.5 Å². The minimum atomic E-state index is -0.390. The number of carbonyl (C=O) groups is 1. The van der Waals surface area contributed by atoms with E-state index in [1.165, 1.54) is 11.3 Å². The van der Waals surface area contributed by atoms with Gasteiger partial charge in [-0.3, -0.25) is 9.97 Å². The predicted molar refractivity (Wildman–Crippen MR) is 93.7 cm³/mol. The summed E-state index contributed by atoms with van der Waals surface area (Å²) >= 11 is 1.33. The molecule has 0 N–H and O–H groups in total. The Kier molecular flexibility index (Phi) is 3.95. The SMILES string of the molecule is CCOC(=O)c1sc2cccnc2c1-n1cc(-c2cccnc2)nn1. The molecule has 0 aromatic carbocycles. The topological polar surface area (TPSA) is 82.8 Å². The molecule has 124 valence electrons. The van der Waals surface area contributed by atoms with Crippen LogP contribution in [0.1, 0.15) is 16.6 Å². The lowest BCUT2D eigenvalue weighted by molar-refractivity contribution is 0.0532. The van der Waals surface area contributed by atoms with Gasteiger partial charge in [0.1, 0.15) is 21.8 Å². The molecule has 0 unspecified atom stereocenters. The van der Waals surface area contributed by atoms with E-state index >= 15 is 0 Å². The number of nitrogens with zero attached hydrogens (tertiary/aromatic N) is 5. The summed E-state index contributed by atoms with van der Waals surface area (Å²) in [6, 6.07) is 7.48. The number of thiophene rings is 1. The molecule has 0 saturated carbocycles. The molecule has 4 heterocycles. The first-order valence-electron chi connectivity index (χ1n) is 7.65. The fourth-order valence-corrected chi connectivity index (χ4v) is 3.53. The summed E-state index contributed by atoms with van der Waals surface area (Å²) in [5.41, 5.74) is 2.79. The summed E-state index contributed by atoms with van der Waals surface area (Å²) in [6.07, 6.45) is 6.86. The third kappa shape index (κ3) is 2.76. The molecule has 0 aliphatic heterocycles. The van der Waals surface area contributed by atoms with Crippen LogP contribution in [0.2, 0.25) is 0 Å². The van der Waals surface area contributed by atoms with Crippen molar-refractivity contribution >= 4 is 27.5 Å². The number of rotatable bonds is 4. The van der Waals surface area contributed by atoms with Gasteiger partial charge in [0.2, 0.25) is 0 Å². The highest BCUT2D eigenvalue weighted by atomic mass is 32.1. The smallest absolute Gasteiger partial charge is 0.350 e. The highest BCUT2D eigenvalue weighted by molar-refractivity contribution is 7.21. The first-order chi connectivity index (χ1) is 12.3. The molecule has 0 saturated heterocycles. The largest absolute Gasteiger partial charge is 0.462 e. The van der Waals surface area contributed by atoms with E-state index in [9.17, 15) is 4.79 Å². The van der Waals surface area contributed by atoms with Gasteiger partial charge in [-0.1, -0.05) is 5.21 Å². The summed E-state index contributed by atoms with van der Waals surface area (Å²) in [4.78, 5) is 21.3. The third-order valence-electron chi connectivity index (χ3n) is 3.56. The summed E-state index contributed by atoms with van der Waals surface area (Å²) in [5.74, 6) is -0.390. The Morgan fingerprint density at radius 1 is 1.28 bits per heavy atom. The fraction of sp³-hybridized carbons (Fsp3) is 0.118. The molecule has 4 rings (SSSR count). The van der Waals surface area contributed by atoms with Crippen molar-refractivity contribution in [2.75, 3.05) is 6.61 Å². The second-order valence-electron chi connectivity index (χ2n) is 5.14. The minimum absolute atomic E-state index is 0.304. The van der Waals surface area contributed by atoms with E-state index in [0.29, 0.717) is 28.4 Å². The van der Waals surface area contributed by atoms with E-state index in [0.717, 1.165) is 10.3 Å². The fourth-order valence-electron chi connectivity index (χ4n) is 2.48. The zero-order valence-corrected chi connectivity index (χ0v) is 14.1. The van der Waals surface area contributed by atoms with Gasteiger partial charge in [-0.25, -0.2) is 9.48 Å². The van der Waals surface area contributed by atoms with E-state index in [4.69, 9.17) is 4.74 Å². The highest BCUT2D eigenvalue weighted by Crippen LogP contribution is 2.33. The zero-order chi connectivity index (χ0) is 17.2. The number of hydrogen-bond acceptors (Lipinski definition) is 7. The minimum Gasteiger partial charge on any atom is -0.462 e. The van der Waals surface area contributed by atoms with Gasteiger partial charge in [-0.05, 0) is 31.2 Å². The lowest BCUT2D eigenvalue weighted by atomic mass is 10.2. The summed E-state index contributed by atoms with van der Waals surface area (Å²) in [5, 5.41) is 8.38. The number of hydrogen-bond donors (Lipinski definition) is 0. The lowest BCUT2D eigenvalue weighted by Gasteiger charge is -2.03. The Morgan fingerprint density at radius 2 is 2.16 bits per heavy atom. The van der Waals surface area contributed by atoms with Crippen LogP contribution in [0.3, 0.4) is 0 Å². The van der Waals surface area contributed by atoms with Gasteiger partial charge in [0.15, 0.2) is 0 Å². The molecule has 4 aromatic rings. The Hall–Kier alpha value is -3.13. The van der Waals surface area contributed by atoms with Crippen LogP contribution >= 0.6 is 11.3 Å². The molecule has 0 aliphatic carbocycles. The maximum Gasteiger partial charge on any atom is 0.350 e. The Bertz CT molecular complexity index is 1040. The Morgan fingerprint density at radius 3 is 2.96 bits per heavy atom. The van der Waals surface area contributed by atoms with E-state index in [2.05, 4.69) is 20.3 Å². The van der Waals surface area contributed by atoms with Crippen molar-refractivity contribution in [1.82, 2.24) is 25.0 Å². The molecule has 8 heteroatoms. The maximum absolute atomic E-state index is 12.4. The average molecular weight is 351 g/mol. The molecule has 0 atom stereocenters. The van der Waals surface area contributed by atoms with Crippen LogP contribution in [0.15, 0.2) is 49.1 Å². The summed E-state index contributed by atoms with van der Waals surface area (Å²) < 4.78 is 7.64. The van der Waals surface area contributed by atoms with Crippen molar-refractivity contribution in [2.24, 2.45) is 0 Å². The van der Waals surface area contributed by atoms with Crippen LogP contribution in [0.25, 0.3) is 27.2 Å². The van der Waals surface area contributed by atoms with Crippen LogP contribution in [-0.2, 0) is 4.74 Å². The van der Waals surface area contributed by atoms with Crippen LogP contribution < -0.4 is 0 Å². The van der Waals surface area contributed by atoms with E-state index in [-0.39, 0.29) is 5.97 Å². The molecule has 0 bridgehead atoms. The number of pyridine rings is 2. The van der Waals surface area contributed by atoms with Crippen molar-refractivity contribution in [3.8, 4) is 16.9 Å². The van der Waals surface area contributed by atoms with E-state index in [1.54, 1.807) is 36.4 Å². The van der Waals surface area contributed by atoms with Gasteiger partial charge in [0.05, 0.1) is 17.5 Å². The number of fused-ring (bicyclic) bond motifs is 1. The lowest BCUT2D eigenvalue weighted by Crippen LogP contribution is -2.07. The number of esters is 1. The third-order valence-corrected chi connectivity index (χ3v) is 4.68. The molecule has 0 amide bonds. The monoisotopic (exact) mass is 351 g/mol. The van der Waals surface area contributed by atoms with E-state index < -0.39 is 0 Å². The van der Waals surface area contributed by atoms with Gasteiger partial charge in [-0.15, -0.1) is 16.4 Å². The Balaban J connectivity index is 1.87. The number of aromatic nitrogens is 5. The van der Waals surface area contributed by atoms with Crippen LogP contribution in [0.5, 0.6) is 0 Å². The molecule has 0 fully saturated rings. The molecule has 0 spiro atoms. The molecule has 4 aromatic heterocycles. The summed E-state index contributed by atoms with van der Waals surface area (Å²) in [7, 11) is 0. The van der Waals surface area contributed by atoms with Crippen molar-refractivity contribution in [3.05, 3.63) is 53.9 Å². The summed E-state index contributed by atoms with van der Waals surface area (Å²) in [6.45, 7) is 2.08. The van der Waals surface area contributed by atoms with Gasteiger partial charge < -0.3 is 4.74 Å². The van der Waals surface area contributed by atoms with Crippen LogP contribution in [0, 0.1) is 0 Å². The number of ether oxygens (including phenoxy) is 1. The molecule has 0 radical (unpaired) electrons. The molecular formula is C17H13N5O2S. The first kappa shape index (κ1) is 15.4. The van der Waals surface area contributed by atoms with Crippen molar-refractivity contribution < 1.29 is 9.53 Å². The molecule has 0 aliphatic rings. The molecule has 25 heavy (non-hydrogen) atoms. The zero-order valence-electron chi connectivity index (χ0n) is 13.3. The first-order valence-corrected chi connectivity index (χ1v) is 8.47. The molecular weight excluding hydrogens is 338 g/mol.